The summed E-state index contributed by atoms with van der Waals surface area (Å²) in [7, 11) is 0. The molecule has 0 bridgehead atoms. The number of fused-ring (bicyclic) bond motifs is 2. The van der Waals surface area contributed by atoms with Crippen LogP contribution in [-0.4, -0.2) is 37.1 Å². The fraction of sp³-hybridized carbons (Fsp3) is 0.350. The molecule has 1 fully saturated rings. The van der Waals surface area contributed by atoms with Gasteiger partial charge in [-0.05, 0) is 57.5 Å². The number of halogens is 2. The minimum absolute atomic E-state index is 0.130. The number of nitrogens with one attached hydrogen (secondary N) is 1. The molecule has 144 valence electrons. The first kappa shape index (κ1) is 17.2. The van der Waals surface area contributed by atoms with Crippen LogP contribution in [0.3, 0.4) is 0 Å². The van der Waals surface area contributed by atoms with Crippen LogP contribution in [0, 0.1) is 19.7 Å². The highest BCUT2D eigenvalue weighted by Gasteiger charge is 2.36. The van der Waals surface area contributed by atoms with Gasteiger partial charge in [0.05, 0.1) is 23.3 Å². The highest BCUT2D eigenvalue weighted by Crippen LogP contribution is 2.35. The third-order valence-corrected chi connectivity index (χ3v) is 5.39. The highest BCUT2D eigenvalue weighted by molar-refractivity contribution is 5.64. The molecule has 1 saturated heterocycles. The first-order valence-corrected chi connectivity index (χ1v) is 9.35. The van der Waals surface area contributed by atoms with Crippen LogP contribution in [0.4, 0.5) is 8.78 Å². The quantitative estimate of drug-likeness (QED) is 0.578. The Balaban J connectivity index is 1.63. The van der Waals surface area contributed by atoms with Crippen molar-refractivity contribution < 1.29 is 8.78 Å². The minimum Gasteiger partial charge on any atom is -0.316 e. The monoisotopic (exact) mass is 382 g/mol. The second kappa shape index (κ2) is 6.07. The number of hydrogen-bond acceptors (Lipinski definition) is 4. The van der Waals surface area contributed by atoms with Crippen molar-refractivity contribution >= 4 is 11.3 Å². The van der Waals surface area contributed by atoms with Crippen LogP contribution in [0.2, 0.25) is 0 Å². The van der Waals surface area contributed by atoms with E-state index in [1.165, 1.54) is 6.07 Å². The van der Waals surface area contributed by atoms with Crippen LogP contribution < -0.4 is 5.32 Å². The lowest BCUT2D eigenvalue weighted by Gasteiger charge is -2.28. The number of hydrogen-bond donors (Lipinski definition) is 1. The molecule has 8 heteroatoms. The van der Waals surface area contributed by atoms with Crippen molar-refractivity contribution in [2.24, 2.45) is 0 Å². The largest absolute Gasteiger partial charge is 0.316 e. The molecule has 0 spiro atoms. The number of nitrogens with zero attached hydrogens (tertiary/aromatic N) is 5. The lowest BCUT2D eigenvalue weighted by Crippen LogP contribution is -2.36. The van der Waals surface area contributed by atoms with E-state index in [1.54, 1.807) is 21.3 Å². The molecule has 0 unspecified atom stereocenters. The number of aromatic nitrogens is 5. The smallest absolute Gasteiger partial charge is 0.173 e. The molecule has 6 nitrogen and oxygen atoms in total. The average molecular weight is 382 g/mol. The van der Waals surface area contributed by atoms with Gasteiger partial charge in [-0.3, -0.25) is 0 Å². The Hall–Kier alpha value is -2.87. The van der Waals surface area contributed by atoms with Crippen LogP contribution >= 0.6 is 0 Å². The predicted octanol–water partition coefficient (Wildman–Crippen LogP) is 3.35. The van der Waals surface area contributed by atoms with E-state index in [9.17, 15) is 4.39 Å². The molecule has 5 rings (SSSR count). The van der Waals surface area contributed by atoms with Gasteiger partial charge in [-0.1, -0.05) is 0 Å². The van der Waals surface area contributed by atoms with E-state index in [0.29, 0.717) is 37.2 Å². The topological polar surface area (TPSA) is 59.5 Å². The molecule has 0 aromatic carbocycles. The SMILES string of the molecule is Cc1cn2nc(-c3cc(F)c4nc(C5(F)CCNCC5)cn4c3)cc(C)c2n1. The van der Waals surface area contributed by atoms with Crippen molar-refractivity contribution in [1.29, 1.82) is 0 Å². The lowest BCUT2D eigenvalue weighted by atomic mass is 9.91. The number of alkyl halides is 1. The summed E-state index contributed by atoms with van der Waals surface area (Å²) in [6.45, 7) is 5.03. The van der Waals surface area contributed by atoms with Crippen LogP contribution in [0.1, 0.15) is 29.8 Å². The maximum absolute atomic E-state index is 15.3. The molecule has 0 aliphatic carbocycles. The van der Waals surface area contributed by atoms with Crippen molar-refractivity contribution in [3.8, 4) is 11.3 Å². The third-order valence-electron chi connectivity index (χ3n) is 5.39. The molecule has 1 aliphatic heterocycles. The van der Waals surface area contributed by atoms with E-state index in [2.05, 4.69) is 20.4 Å². The van der Waals surface area contributed by atoms with Crippen molar-refractivity contribution in [2.45, 2.75) is 32.4 Å². The van der Waals surface area contributed by atoms with Crippen molar-refractivity contribution in [3.05, 3.63) is 53.5 Å². The van der Waals surface area contributed by atoms with Gasteiger partial charge >= 0.3 is 0 Å². The van der Waals surface area contributed by atoms with Gasteiger partial charge in [0.1, 0.15) is 0 Å². The van der Waals surface area contributed by atoms with Gasteiger partial charge in [0, 0.05) is 18.0 Å². The van der Waals surface area contributed by atoms with Gasteiger partial charge in [0.15, 0.2) is 22.8 Å². The zero-order chi connectivity index (χ0) is 19.5. The highest BCUT2D eigenvalue weighted by atomic mass is 19.1. The molecule has 4 aromatic heterocycles. The number of pyridine rings is 1. The number of imidazole rings is 2. The zero-order valence-corrected chi connectivity index (χ0v) is 15.7. The lowest BCUT2D eigenvalue weighted by molar-refractivity contribution is 0.110. The van der Waals surface area contributed by atoms with Crippen LogP contribution in [0.25, 0.3) is 22.6 Å². The molecule has 28 heavy (non-hydrogen) atoms. The van der Waals surface area contributed by atoms with Gasteiger partial charge in [0.2, 0.25) is 0 Å². The Kier molecular flexibility index (Phi) is 3.74. The van der Waals surface area contributed by atoms with Gasteiger partial charge in [-0.15, -0.1) is 0 Å². The second-order valence-electron chi connectivity index (χ2n) is 7.51. The van der Waals surface area contributed by atoms with Crippen molar-refractivity contribution in [1.82, 2.24) is 29.3 Å². The summed E-state index contributed by atoms with van der Waals surface area (Å²) in [4.78, 5) is 8.70. The molecule has 4 aromatic rings. The summed E-state index contributed by atoms with van der Waals surface area (Å²) in [5.41, 5.74) is 2.70. The summed E-state index contributed by atoms with van der Waals surface area (Å²) < 4.78 is 33.3. The fourth-order valence-electron chi connectivity index (χ4n) is 3.88. The van der Waals surface area contributed by atoms with E-state index < -0.39 is 11.5 Å². The average Bonchev–Trinajstić information content (AvgIpc) is 3.26. The molecule has 0 atom stereocenters. The predicted molar refractivity (Wildman–Crippen MR) is 101 cm³/mol. The Labute approximate surface area is 160 Å². The first-order valence-electron chi connectivity index (χ1n) is 9.35. The second-order valence-corrected chi connectivity index (χ2v) is 7.51. The Bertz CT molecular complexity index is 1200. The Morgan fingerprint density at radius 2 is 1.82 bits per heavy atom. The summed E-state index contributed by atoms with van der Waals surface area (Å²) >= 11 is 0. The molecule has 1 N–H and O–H groups in total. The van der Waals surface area contributed by atoms with E-state index in [-0.39, 0.29) is 11.3 Å². The summed E-state index contributed by atoms with van der Waals surface area (Å²) in [6, 6.07) is 3.28. The van der Waals surface area contributed by atoms with E-state index >= 15 is 4.39 Å². The number of aryl methyl sites for hydroxylation is 2. The van der Waals surface area contributed by atoms with Gasteiger partial charge in [-0.25, -0.2) is 23.3 Å². The van der Waals surface area contributed by atoms with Crippen LogP contribution in [0.5, 0.6) is 0 Å². The molecular weight excluding hydrogens is 362 g/mol. The van der Waals surface area contributed by atoms with Gasteiger partial charge in [0.25, 0.3) is 0 Å². The summed E-state index contributed by atoms with van der Waals surface area (Å²) in [5.74, 6) is -0.498. The summed E-state index contributed by atoms with van der Waals surface area (Å²) in [5, 5.41) is 7.70. The molecule has 0 amide bonds. The number of rotatable bonds is 2. The van der Waals surface area contributed by atoms with E-state index in [1.807, 2.05) is 26.1 Å². The summed E-state index contributed by atoms with van der Waals surface area (Å²) in [6.07, 6.45) is 5.85. The molecule has 0 saturated carbocycles. The maximum Gasteiger partial charge on any atom is 0.173 e. The molecule has 1 aliphatic rings. The Morgan fingerprint density at radius 1 is 1.04 bits per heavy atom. The van der Waals surface area contributed by atoms with E-state index in [0.717, 1.165) is 16.9 Å². The number of piperidine rings is 1. The first-order chi connectivity index (χ1) is 13.4. The van der Waals surface area contributed by atoms with Gasteiger partial charge in [-0.2, -0.15) is 5.10 Å². The van der Waals surface area contributed by atoms with Gasteiger partial charge < -0.3 is 9.72 Å². The standard InChI is InChI=1S/C20H20F2N6/c1-12-7-16(26-28-9-13(2)24-18(12)28)14-8-15(21)19-25-17(11-27(19)10-14)20(22)3-5-23-6-4-20/h7-11,23H,3-6H2,1-2H3. The van der Waals surface area contributed by atoms with E-state index in [4.69, 9.17) is 0 Å². The fourth-order valence-corrected chi connectivity index (χ4v) is 3.88. The van der Waals surface area contributed by atoms with Crippen LogP contribution in [0.15, 0.2) is 30.7 Å². The van der Waals surface area contributed by atoms with Crippen molar-refractivity contribution in [3.63, 3.8) is 0 Å². The molecule has 0 radical (unpaired) electrons. The minimum atomic E-state index is -1.52. The maximum atomic E-state index is 15.3. The third kappa shape index (κ3) is 2.67. The zero-order valence-electron chi connectivity index (χ0n) is 15.7. The molecule has 5 heterocycles. The normalized spacial score (nSPS) is 16.9. The van der Waals surface area contributed by atoms with Crippen molar-refractivity contribution in [2.75, 3.05) is 13.1 Å². The molecular formula is C20H20F2N6. The van der Waals surface area contributed by atoms with Crippen LogP contribution in [-0.2, 0) is 5.67 Å². The Morgan fingerprint density at radius 3 is 2.61 bits per heavy atom.